The number of aromatic nitrogens is 1. The van der Waals surface area contributed by atoms with Crippen molar-refractivity contribution < 1.29 is 14.0 Å². The maximum Gasteiger partial charge on any atom is 0.251 e. The molecule has 35 heavy (non-hydrogen) atoms. The fraction of sp³-hybridized carbons (Fsp3) is 0.185. The van der Waals surface area contributed by atoms with Crippen LogP contribution in [0.5, 0.6) is 0 Å². The average Bonchev–Trinajstić information content (AvgIpc) is 3.27. The molecule has 0 fully saturated rings. The zero-order valence-electron chi connectivity index (χ0n) is 19.0. The van der Waals surface area contributed by atoms with Crippen molar-refractivity contribution in [2.24, 2.45) is 5.73 Å². The normalized spacial score (nSPS) is 11.9. The van der Waals surface area contributed by atoms with Crippen molar-refractivity contribution in [1.82, 2.24) is 9.88 Å². The molecule has 180 valence electrons. The number of rotatable bonds is 9. The second-order valence-corrected chi connectivity index (χ2v) is 9.01. The number of anilines is 1. The van der Waals surface area contributed by atoms with Crippen LogP contribution in [0, 0.1) is 5.82 Å². The highest BCUT2D eigenvalue weighted by molar-refractivity contribution is 9.10. The van der Waals surface area contributed by atoms with Gasteiger partial charge in [0.1, 0.15) is 11.9 Å². The molecule has 0 radical (unpaired) electrons. The first kappa shape index (κ1) is 24.6. The number of nitrogens with one attached hydrogen (secondary N) is 2. The second-order valence-electron chi connectivity index (χ2n) is 8.16. The second kappa shape index (κ2) is 11.3. The van der Waals surface area contributed by atoms with Gasteiger partial charge in [-0.25, -0.2) is 4.39 Å². The Hall–Kier alpha value is -3.49. The third kappa shape index (κ3) is 5.78. The molecular weight excluding hydrogens is 511 g/mol. The van der Waals surface area contributed by atoms with Crippen LogP contribution in [0.3, 0.4) is 0 Å². The summed E-state index contributed by atoms with van der Waals surface area (Å²) in [4.78, 5) is 31.7. The first-order valence-electron chi connectivity index (χ1n) is 11.3. The molecule has 1 atom stereocenters. The van der Waals surface area contributed by atoms with E-state index in [9.17, 15) is 14.0 Å². The lowest BCUT2D eigenvalue weighted by atomic mass is 10.0. The highest BCUT2D eigenvalue weighted by Crippen LogP contribution is 2.31. The van der Waals surface area contributed by atoms with E-state index in [0.29, 0.717) is 28.7 Å². The van der Waals surface area contributed by atoms with E-state index in [4.69, 9.17) is 5.73 Å². The number of carbonyl (C=O) groups excluding carboxylic acids is 2. The molecule has 0 saturated heterocycles. The Bertz CT molecular complexity index is 1320. The standard InChI is InChI=1S/C27H26BrFN4O2/c28-23-7-3-1-6-22(23)26(27(35)32-20-11-9-19(29)10-12-20)33(25(34)13-15-30)16-14-18-17-31-24-8-4-2-5-21(18)24/h1-12,17,26,31H,13-16,30H2,(H,32,35). The highest BCUT2D eigenvalue weighted by Gasteiger charge is 2.32. The van der Waals surface area contributed by atoms with Crippen molar-refractivity contribution in [3.05, 3.63) is 100 Å². The number of aromatic amines is 1. The number of hydrogen-bond acceptors (Lipinski definition) is 3. The minimum absolute atomic E-state index is 0.110. The molecule has 0 aliphatic heterocycles. The number of carbonyl (C=O) groups is 2. The van der Waals surface area contributed by atoms with Gasteiger partial charge in [0.25, 0.3) is 5.91 Å². The van der Waals surface area contributed by atoms with Crippen molar-refractivity contribution in [1.29, 1.82) is 0 Å². The molecule has 8 heteroatoms. The molecule has 4 aromatic rings. The van der Waals surface area contributed by atoms with E-state index in [2.05, 4.69) is 26.2 Å². The summed E-state index contributed by atoms with van der Waals surface area (Å²) in [6.07, 6.45) is 2.59. The molecule has 1 unspecified atom stereocenters. The summed E-state index contributed by atoms with van der Waals surface area (Å²) in [6, 6.07) is 19.9. The van der Waals surface area contributed by atoms with Crippen LogP contribution in [0.2, 0.25) is 0 Å². The van der Waals surface area contributed by atoms with E-state index >= 15 is 0 Å². The van der Waals surface area contributed by atoms with Gasteiger partial charge >= 0.3 is 0 Å². The van der Waals surface area contributed by atoms with Crippen molar-refractivity contribution in [2.45, 2.75) is 18.9 Å². The molecule has 6 nitrogen and oxygen atoms in total. The van der Waals surface area contributed by atoms with Gasteiger partial charge in [0.15, 0.2) is 0 Å². The average molecular weight is 537 g/mol. The number of benzene rings is 3. The van der Waals surface area contributed by atoms with Crippen molar-refractivity contribution in [3.63, 3.8) is 0 Å². The van der Waals surface area contributed by atoms with E-state index in [-0.39, 0.29) is 18.9 Å². The van der Waals surface area contributed by atoms with E-state index < -0.39 is 17.8 Å². The van der Waals surface area contributed by atoms with Gasteiger partial charge in [-0.1, -0.05) is 52.3 Å². The molecule has 1 aromatic heterocycles. The third-order valence-electron chi connectivity index (χ3n) is 5.85. The summed E-state index contributed by atoms with van der Waals surface area (Å²) in [5.74, 6) is -1.01. The molecule has 0 aliphatic rings. The smallest absolute Gasteiger partial charge is 0.251 e. The van der Waals surface area contributed by atoms with E-state index in [1.165, 1.54) is 24.3 Å². The lowest BCUT2D eigenvalue weighted by Gasteiger charge is -2.32. The number of hydrogen-bond donors (Lipinski definition) is 3. The molecule has 0 aliphatic carbocycles. The Labute approximate surface area is 211 Å². The first-order chi connectivity index (χ1) is 17.0. The third-order valence-corrected chi connectivity index (χ3v) is 6.57. The van der Waals surface area contributed by atoms with E-state index in [0.717, 1.165) is 16.5 Å². The zero-order chi connectivity index (χ0) is 24.8. The number of nitrogens with zero attached hydrogens (tertiary/aromatic N) is 1. The van der Waals surface area contributed by atoms with Gasteiger partial charge in [-0.15, -0.1) is 0 Å². The molecule has 4 rings (SSSR count). The van der Waals surface area contributed by atoms with Crippen LogP contribution in [0.1, 0.15) is 23.6 Å². The van der Waals surface area contributed by atoms with Crippen molar-refractivity contribution in [3.8, 4) is 0 Å². The molecule has 4 N–H and O–H groups in total. The minimum atomic E-state index is -0.917. The summed E-state index contributed by atoms with van der Waals surface area (Å²) in [5.41, 5.74) is 8.87. The number of nitrogens with two attached hydrogens (primary N) is 1. The SMILES string of the molecule is NCCC(=O)N(CCc1c[nH]c2ccccc12)C(C(=O)Nc1ccc(F)cc1)c1ccccc1Br. The monoisotopic (exact) mass is 536 g/mol. The van der Waals surface area contributed by atoms with Gasteiger partial charge in [0.2, 0.25) is 5.91 Å². The van der Waals surface area contributed by atoms with Crippen LogP contribution in [0.25, 0.3) is 10.9 Å². The van der Waals surface area contributed by atoms with E-state index in [1.807, 2.05) is 54.7 Å². The first-order valence-corrected chi connectivity index (χ1v) is 12.1. The van der Waals surface area contributed by atoms with Gasteiger partial charge < -0.3 is 20.9 Å². The van der Waals surface area contributed by atoms with Crippen molar-refractivity contribution in [2.75, 3.05) is 18.4 Å². The summed E-state index contributed by atoms with van der Waals surface area (Å²) >= 11 is 3.54. The fourth-order valence-electron chi connectivity index (χ4n) is 4.14. The summed E-state index contributed by atoms with van der Waals surface area (Å²) in [6.45, 7) is 0.480. The minimum Gasteiger partial charge on any atom is -0.361 e. The van der Waals surface area contributed by atoms with Gasteiger partial charge in [0, 0.05) is 46.8 Å². The molecule has 0 saturated carbocycles. The van der Waals surface area contributed by atoms with E-state index in [1.54, 1.807) is 4.90 Å². The van der Waals surface area contributed by atoms with Gasteiger partial charge in [-0.2, -0.15) is 0 Å². The van der Waals surface area contributed by atoms with Crippen LogP contribution in [0.4, 0.5) is 10.1 Å². The Morgan fingerprint density at radius 1 is 1.03 bits per heavy atom. The van der Waals surface area contributed by atoms with Crippen LogP contribution < -0.4 is 11.1 Å². The Kier molecular flexibility index (Phi) is 7.94. The predicted octanol–water partition coefficient (Wildman–Crippen LogP) is 5.17. The topological polar surface area (TPSA) is 91.2 Å². The lowest BCUT2D eigenvalue weighted by Crippen LogP contribution is -2.43. The number of fused-ring (bicyclic) bond motifs is 1. The maximum absolute atomic E-state index is 13.6. The van der Waals surface area contributed by atoms with Crippen LogP contribution in [-0.2, 0) is 16.0 Å². The van der Waals surface area contributed by atoms with Gasteiger partial charge in [-0.05, 0) is 53.9 Å². The highest BCUT2D eigenvalue weighted by atomic mass is 79.9. The predicted molar refractivity (Wildman–Crippen MR) is 139 cm³/mol. The lowest BCUT2D eigenvalue weighted by molar-refractivity contribution is -0.138. The molecule has 0 spiro atoms. The molecule has 3 aromatic carbocycles. The Morgan fingerprint density at radius 3 is 2.49 bits per heavy atom. The van der Waals surface area contributed by atoms with Crippen LogP contribution in [-0.4, -0.2) is 34.8 Å². The maximum atomic E-state index is 13.6. The summed E-state index contributed by atoms with van der Waals surface area (Å²) < 4.78 is 14.1. The van der Waals surface area contributed by atoms with Gasteiger partial charge in [0.05, 0.1) is 0 Å². The zero-order valence-corrected chi connectivity index (χ0v) is 20.6. The van der Waals surface area contributed by atoms with Crippen molar-refractivity contribution >= 4 is 44.3 Å². The fourth-order valence-corrected chi connectivity index (χ4v) is 4.64. The number of amides is 2. The summed E-state index contributed by atoms with van der Waals surface area (Å²) in [5, 5.41) is 3.91. The van der Waals surface area contributed by atoms with Crippen LogP contribution >= 0.6 is 15.9 Å². The van der Waals surface area contributed by atoms with Gasteiger partial charge in [-0.3, -0.25) is 9.59 Å². The molecule has 2 amide bonds. The molecule has 0 bridgehead atoms. The largest absolute Gasteiger partial charge is 0.361 e. The molecular formula is C27H26BrFN4O2. The Morgan fingerprint density at radius 2 is 1.74 bits per heavy atom. The summed E-state index contributed by atoms with van der Waals surface area (Å²) in [7, 11) is 0. The molecule has 1 heterocycles. The number of halogens is 2. The quantitative estimate of drug-likeness (QED) is 0.275. The number of para-hydroxylation sites is 1. The Balaban J connectivity index is 1.69. The van der Waals surface area contributed by atoms with Crippen LogP contribution in [0.15, 0.2) is 83.5 Å². The number of H-pyrrole nitrogens is 1.